The number of ether oxygens (including phenoxy) is 1. The minimum atomic E-state index is -0.518. The lowest BCUT2D eigenvalue weighted by atomic mass is 10.0. The predicted octanol–water partition coefficient (Wildman–Crippen LogP) is 5.05. The first-order valence-corrected chi connectivity index (χ1v) is 9.39. The van der Waals surface area contributed by atoms with Crippen molar-refractivity contribution in [2.45, 2.75) is 45.8 Å². The molecule has 0 N–H and O–H groups in total. The molecule has 3 rings (SSSR count). The summed E-state index contributed by atoms with van der Waals surface area (Å²) in [5.41, 5.74) is 2.89. The number of anilines is 1. The molecule has 0 fully saturated rings. The zero-order valence-electron chi connectivity index (χ0n) is 15.4. The van der Waals surface area contributed by atoms with Crippen LogP contribution in [0.2, 0.25) is 0 Å². The SMILES string of the molecule is CC(C(=O)OC(C)(C)C)c1ccc(N2Cc3ccccc3C2=O)c(Br)c1. The van der Waals surface area contributed by atoms with Crippen LogP contribution in [0.1, 0.15) is 55.1 Å². The Hall–Kier alpha value is -2.14. The van der Waals surface area contributed by atoms with Crippen molar-refractivity contribution in [3.8, 4) is 0 Å². The summed E-state index contributed by atoms with van der Waals surface area (Å²) >= 11 is 3.56. The summed E-state index contributed by atoms with van der Waals surface area (Å²) in [6.45, 7) is 7.94. The highest BCUT2D eigenvalue weighted by Gasteiger charge is 2.30. The van der Waals surface area contributed by atoms with Crippen molar-refractivity contribution >= 4 is 33.5 Å². The summed E-state index contributed by atoms with van der Waals surface area (Å²) in [6, 6.07) is 13.3. The van der Waals surface area contributed by atoms with E-state index >= 15 is 0 Å². The van der Waals surface area contributed by atoms with E-state index < -0.39 is 5.60 Å². The summed E-state index contributed by atoms with van der Waals surface area (Å²) in [7, 11) is 0. The molecule has 5 heteroatoms. The summed E-state index contributed by atoms with van der Waals surface area (Å²) in [5.74, 6) is -0.651. The van der Waals surface area contributed by atoms with Gasteiger partial charge in [-0.2, -0.15) is 0 Å². The highest BCUT2D eigenvalue weighted by atomic mass is 79.9. The van der Waals surface area contributed by atoms with Crippen LogP contribution >= 0.6 is 15.9 Å². The number of amides is 1. The van der Waals surface area contributed by atoms with Crippen LogP contribution in [-0.4, -0.2) is 17.5 Å². The molecule has 0 saturated heterocycles. The van der Waals surface area contributed by atoms with Crippen molar-refractivity contribution in [2.24, 2.45) is 0 Å². The number of hydrogen-bond acceptors (Lipinski definition) is 3. The van der Waals surface area contributed by atoms with Gasteiger partial charge in [0, 0.05) is 10.0 Å². The Labute approximate surface area is 162 Å². The lowest BCUT2D eigenvalue weighted by Crippen LogP contribution is -2.27. The third-order valence-corrected chi connectivity index (χ3v) is 4.98. The number of benzene rings is 2. The largest absolute Gasteiger partial charge is 0.460 e. The topological polar surface area (TPSA) is 46.6 Å². The van der Waals surface area contributed by atoms with Gasteiger partial charge in [0.15, 0.2) is 0 Å². The van der Waals surface area contributed by atoms with Crippen molar-refractivity contribution < 1.29 is 14.3 Å². The molecule has 0 aliphatic carbocycles. The number of hydrogen-bond donors (Lipinski definition) is 0. The summed E-state index contributed by atoms with van der Waals surface area (Å²) in [5, 5.41) is 0. The van der Waals surface area contributed by atoms with Crippen LogP contribution in [0.3, 0.4) is 0 Å². The lowest BCUT2D eigenvalue weighted by molar-refractivity contribution is -0.156. The molecule has 136 valence electrons. The molecule has 0 spiro atoms. The van der Waals surface area contributed by atoms with Gasteiger partial charge in [0.2, 0.25) is 0 Å². The highest BCUT2D eigenvalue weighted by Crippen LogP contribution is 2.35. The van der Waals surface area contributed by atoms with Gasteiger partial charge in [-0.1, -0.05) is 24.3 Å². The van der Waals surface area contributed by atoms with Gasteiger partial charge in [-0.3, -0.25) is 9.59 Å². The number of nitrogens with zero attached hydrogens (tertiary/aromatic N) is 1. The smallest absolute Gasteiger partial charge is 0.313 e. The second kappa shape index (κ2) is 6.88. The zero-order chi connectivity index (χ0) is 19.1. The van der Waals surface area contributed by atoms with Gasteiger partial charge in [0.1, 0.15) is 5.60 Å². The monoisotopic (exact) mass is 415 g/mol. The van der Waals surface area contributed by atoms with Gasteiger partial charge in [-0.25, -0.2) is 0 Å². The highest BCUT2D eigenvalue weighted by molar-refractivity contribution is 9.10. The molecule has 4 nitrogen and oxygen atoms in total. The molecule has 2 aromatic carbocycles. The average Bonchev–Trinajstić information content (AvgIpc) is 2.89. The Morgan fingerprint density at radius 3 is 2.50 bits per heavy atom. The van der Waals surface area contributed by atoms with E-state index in [0.717, 1.165) is 26.9 Å². The van der Waals surface area contributed by atoms with Gasteiger partial charge in [0.25, 0.3) is 5.91 Å². The molecular weight excluding hydrogens is 394 g/mol. The molecule has 0 bridgehead atoms. The molecule has 1 aliphatic rings. The van der Waals surface area contributed by atoms with Crippen LogP contribution in [0.4, 0.5) is 5.69 Å². The van der Waals surface area contributed by atoms with E-state index in [9.17, 15) is 9.59 Å². The Kier molecular flexibility index (Phi) is 4.93. The molecule has 1 aliphatic heterocycles. The summed E-state index contributed by atoms with van der Waals surface area (Å²) in [4.78, 5) is 26.7. The minimum absolute atomic E-state index is 0.00533. The maximum absolute atomic E-state index is 12.7. The molecule has 2 aromatic rings. The standard InChI is InChI=1S/C21H22BrNO3/c1-13(20(25)26-21(2,3)4)14-9-10-18(17(22)11-14)23-12-15-7-5-6-8-16(15)19(23)24/h5-11,13H,12H2,1-4H3. The van der Waals surface area contributed by atoms with E-state index in [1.54, 1.807) is 4.90 Å². The van der Waals surface area contributed by atoms with Crippen molar-refractivity contribution in [3.05, 3.63) is 63.6 Å². The van der Waals surface area contributed by atoms with Crippen molar-refractivity contribution in [1.82, 2.24) is 0 Å². The van der Waals surface area contributed by atoms with Crippen LogP contribution in [0, 0.1) is 0 Å². The minimum Gasteiger partial charge on any atom is -0.460 e. The molecule has 1 heterocycles. The molecule has 0 aromatic heterocycles. The van der Waals surface area contributed by atoms with Crippen LogP contribution in [0.25, 0.3) is 0 Å². The Morgan fingerprint density at radius 1 is 1.19 bits per heavy atom. The van der Waals surface area contributed by atoms with E-state index in [0.29, 0.717) is 6.54 Å². The number of fused-ring (bicyclic) bond motifs is 1. The molecule has 0 radical (unpaired) electrons. The number of carbonyl (C=O) groups is 2. The second-order valence-corrected chi connectivity index (χ2v) is 8.37. The Morgan fingerprint density at radius 2 is 1.88 bits per heavy atom. The van der Waals surface area contributed by atoms with Crippen molar-refractivity contribution in [3.63, 3.8) is 0 Å². The zero-order valence-corrected chi connectivity index (χ0v) is 17.0. The number of carbonyl (C=O) groups excluding carboxylic acids is 2. The molecule has 1 atom stereocenters. The fourth-order valence-corrected chi connectivity index (χ4v) is 3.60. The normalized spacial score (nSPS) is 15.0. The molecule has 1 amide bonds. The van der Waals surface area contributed by atoms with Gasteiger partial charge < -0.3 is 9.64 Å². The molecule has 26 heavy (non-hydrogen) atoms. The van der Waals surface area contributed by atoms with Gasteiger partial charge in [-0.15, -0.1) is 0 Å². The van der Waals surface area contributed by atoms with E-state index in [1.165, 1.54) is 0 Å². The van der Waals surface area contributed by atoms with Gasteiger partial charge in [0.05, 0.1) is 18.2 Å². The van der Waals surface area contributed by atoms with Gasteiger partial charge >= 0.3 is 5.97 Å². The quantitative estimate of drug-likeness (QED) is 0.658. The van der Waals surface area contributed by atoms with Crippen LogP contribution < -0.4 is 4.90 Å². The van der Waals surface area contributed by atoms with E-state index in [4.69, 9.17) is 4.74 Å². The van der Waals surface area contributed by atoms with Crippen LogP contribution in [0.15, 0.2) is 46.9 Å². The first-order chi connectivity index (χ1) is 12.2. The molecular formula is C21H22BrNO3. The van der Waals surface area contributed by atoms with Crippen LogP contribution in [-0.2, 0) is 16.1 Å². The average molecular weight is 416 g/mol. The molecule has 0 saturated carbocycles. The van der Waals surface area contributed by atoms with Gasteiger partial charge in [-0.05, 0) is 73.0 Å². The third-order valence-electron chi connectivity index (χ3n) is 4.34. The van der Waals surface area contributed by atoms with Crippen molar-refractivity contribution in [2.75, 3.05) is 4.90 Å². The number of halogens is 1. The van der Waals surface area contributed by atoms with Crippen LogP contribution in [0.5, 0.6) is 0 Å². The fourth-order valence-electron chi connectivity index (χ4n) is 2.99. The summed E-state index contributed by atoms with van der Waals surface area (Å²) < 4.78 is 6.25. The summed E-state index contributed by atoms with van der Waals surface area (Å²) in [6.07, 6.45) is 0. The maximum Gasteiger partial charge on any atom is 0.313 e. The number of rotatable bonds is 3. The fraction of sp³-hybridized carbons (Fsp3) is 0.333. The van der Waals surface area contributed by atoms with Crippen molar-refractivity contribution in [1.29, 1.82) is 0 Å². The van der Waals surface area contributed by atoms with E-state index in [-0.39, 0.29) is 17.8 Å². The molecule has 1 unspecified atom stereocenters. The maximum atomic E-state index is 12.7. The first kappa shape index (κ1) is 18.6. The van der Waals surface area contributed by atoms with E-state index in [2.05, 4.69) is 15.9 Å². The third kappa shape index (κ3) is 3.68. The Bertz CT molecular complexity index is 870. The second-order valence-electron chi connectivity index (χ2n) is 7.51. The predicted molar refractivity (Wildman–Crippen MR) is 105 cm³/mol. The number of esters is 1. The first-order valence-electron chi connectivity index (χ1n) is 8.59. The lowest BCUT2D eigenvalue weighted by Gasteiger charge is -2.23. The Balaban J connectivity index is 1.83. The van der Waals surface area contributed by atoms with E-state index in [1.807, 2.05) is 70.2 Å².